The Balaban J connectivity index is 1.58. The normalized spacial score (nSPS) is 28.8. The molecule has 0 aromatic heterocycles. The van der Waals surface area contributed by atoms with Crippen LogP contribution in [0.3, 0.4) is 0 Å². The summed E-state index contributed by atoms with van der Waals surface area (Å²) < 4.78 is 0. The van der Waals surface area contributed by atoms with E-state index < -0.39 is 0 Å². The number of hydrogen-bond donors (Lipinski definition) is 4. The van der Waals surface area contributed by atoms with Gasteiger partial charge in [-0.3, -0.25) is 4.79 Å². The number of hydrogen-bond acceptors (Lipinski definition) is 4. The van der Waals surface area contributed by atoms with Crippen LogP contribution in [-0.4, -0.2) is 12.5 Å². The lowest BCUT2D eigenvalue weighted by Gasteiger charge is -2.16. The van der Waals surface area contributed by atoms with Crippen molar-refractivity contribution < 1.29 is 4.79 Å². The summed E-state index contributed by atoms with van der Waals surface area (Å²) in [5.41, 5.74) is 17.5. The van der Waals surface area contributed by atoms with Crippen molar-refractivity contribution in [1.29, 1.82) is 0 Å². The molecule has 4 bridgehead atoms. The molecule has 1 aliphatic heterocycles. The third kappa shape index (κ3) is 6.64. The molecule has 1 aliphatic carbocycles. The number of nitrogens with two attached hydrogens (primary N) is 1. The Hall–Kier alpha value is -1.85. The highest BCUT2D eigenvalue weighted by Gasteiger charge is 2.36. The lowest BCUT2D eigenvalue weighted by Crippen LogP contribution is -2.39. The van der Waals surface area contributed by atoms with E-state index in [9.17, 15) is 4.79 Å². The highest BCUT2D eigenvalue weighted by atomic mass is 16.1. The molecule has 0 spiro atoms. The van der Waals surface area contributed by atoms with E-state index in [1.807, 2.05) is 6.07 Å². The van der Waals surface area contributed by atoms with Crippen molar-refractivity contribution in [2.75, 3.05) is 12.0 Å². The number of nitrogens with one attached hydrogen (secondary N) is 3. The second kappa shape index (κ2) is 11.2. The Morgan fingerprint density at radius 3 is 2.71 bits per heavy atom. The van der Waals surface area contributed by atoms with E-state index in [4.69, 9.17) is 5.73 Å². The van der Waals surface area contributed by atoms with Crippen LogP contribution < -0.4 is 22.1 Å². The molecule has 3 atom stereocenters. The minimum atomic E-state index is -0.110. The Labute approximate surface area is 169 Å². The van der Waals surface area contributed by atoms with Crippen molar-refractivity contribution in [3.8, 4) is 0 Å². The van der Waals surface area contributed by atoms with Crippen LogP contribution in [0.1, 0.15) is 69.8 Å². The van der Waals surface area contributed by atoms with Gasteiger partial charge in [0, 0.05) is 12.5 Å². The molecule has 2 aliphatic rings. The maximum absolute atomic E-state index is 11.9. The van der Waals surface area contributed by atoms with Crippen LogP contribution in [0.4, 0.5) is 5.69 Å². The first-order chi connectivity index (χ1) is 13.7. The van der Waals surface area contributed by atoms with E-state index in [0.717, 1.165) is 37.9 Å². The molecule has 5 heteroatoms. The molecule has 1 fully saturated rings. The third-order valence-electron chi connectivity index (χ3n) is 6.24. The summed E-state index contributed by atoms with van der Waals surface area (Å²) >= 11 is 0. The highest BCUT2D eigenvalue weighted by Crippen LogP contribution is 2.39. The van der Waals surface area contributed by atoms with Gasteiger partial charge in [0.1, 0.15) is 0 Å². The number of benzene rings is 1. The van der Waals surface area contributed by atoms with Gasteiger partial charge in [-0.15, -0.1) is 0 Å². The molecule has 1 amide bonds. The zero-order valence-corrected chi connectivity index (χ0v) is 17.0. The number of primary amides is 1. The molecular weight excluding hydrogens is 348 g/mol. The van der Waals surface area contributed by atoms with Crippen LogP contribution in [0.25, 0.3) is 6.08 Å². The van der Waals surface area contributed by atoms with E-state index in [-0.39, 0.29) is 11.8 Å². The summed E-state index contributed by atoms with van der Waals surface area (Å²) in [5.74, 6) is 0.902. The van der Waals surface area contributed by atoms with Crippen LogP contribution in [0.15, 0.2) is 30.3 Å². The summed E-state index contributed by atoms with van der Waals surface area (Å²) in [6, 6.07) is 8.38. The fourth-order valence-corrected chi connectivity index (χ4v) is 4.70. The maximum Gasteiger partial charge on any atom is 0.220 e. The van der Waals surface area contributed by atoms with E-state index in [2.05, 4.69) is 46.7 Å². The molecule has 1 aromatic carbocycles. The largest absolute Gasteiger partial charge is 0.369 e. The number of amides is 1. The Morgan fingerprint density at radius 2 is 1.86 bits per heavy atom. The van der Waals surface area contributed by atoms with Gasteiger partial charge in [-0.25, -0.2) is 5.43 Å². The standard InChI is InChI=1S/C23H36N4O/c24-23(28)22-16-19-14-20(22)12-8-6-4-2-1-3-5-7-10-18-11-9-13-21(15-18)26-27-25-17-19/h7,9-11,13,15,19-20,22,25-27H,1-6,8,12,14,16-17H2,(H2,24,28)/b10-7-. The first-order valence-corrected chi connectivity index (χ1v) is 11.0. The molecule has 1 saturated carbocycles. The van der Waals surface area contributed by atoms with Crippen LogP contribution in [0.2, 0.25) is 0 Å². The molecule has 1 heterocycles. The summed E-state index contributed by atoms with van der Waals surface area (Å²) in [7, 11) is 0. The quantitative estimate of drug-likeness (QED) is 0.579. The molecule has 5 N–H and O–H groups in total. The minimum absolute atomic E-state index is 0.0524. The molecule has 3 rings (SSSR count). The second-order valence-corrected chi connectivity index (χ2v) is 8.46. The minimum Gasteiger partial charge on any atom is -0.369 e. The SMILES string of the molecule is NC(=O)C1CC2CNNNc3cccc(c3)/C=C\CCCCCCCCC1C2. The maximum atomic E-state index is 11.9. The lowest BCUT2D eigenvalue weighted by molar-refractivity contribution is -0.122. The number of allylic oxidation sites excluding steroid dienone is 1. The lowest BCUT2D eigenvalue weighted by atomic mass is 9.90. The number of carbonyl (C=O) groups is 1. The first-order valence-electron chi connectivity index (χ1n) is 11.0. The number of hydrazine groups is 2. The van der Waals surface area contributed by atoms with E-state index in [0.29, 0.717) is 11.8 Å². The average molecular weight is 385 g/mol. The van der Waals surface area contributed by atoms with Crippen molar-refractivity contribution >= 4 is 17.7 Å². The smallest absolute Gasteiger partial charge is 0.220 e. The Bertz CT molecular complexity index is 645. The number of anilines is 1. The highest BCUT2D eigenvalue weighted by molar-refractivity contribution is 5.77. The van der Waals surface area contributed by atoms with Crippen LogP contribution in [0.5, 0.6) is 0 Å². The van der Waals surface area contributed by atoms with Gasteiger partial charge >= 0.3 is 0 Å². The number of rotatable bonds is 1. The molecule has 28 heavy (non-hydrogen) atoms. The summed E-state index contributed by atoms with van der Waals surface area (Å²) in [4.78, 5) is 11.9. The monoisotopic (exact) mass is 384 g/mol. The van der Waals surface area contributed by atoms with E-state index >= 15 is 0 Å². The van der Waals surface area contributed by atoms with Crippen molar-refractivity contribution in [3.05, 3.63) is 35.9 Å². The zero-order valence-electron chi connectivity index (χ0n) is 17.0. The van der Waals surface area contributed by atoms with E-state index in [1.54, 1.807) is 0 Å². The molecular formula is C23H36N4O. The van der Waals surface area contributed by atoms with Crippen molar-refractivity contribution in [1.82, 2.24) is 11.0 Å². The van der Waals surface area contributed by atoms with Gasteiger partial charge in [0.2, 0.25) is 5.91 Å². The fourth-order valence-electron chi connectivity index (χ4n) is 4.70. The van der Waals surface area contributed by atoms with Gasteiger partial charge in [-0.05, 0) is 61.6 Å². The Morgan fingerprint density at radius 1 is 1.04 bits per heavy atom. The molecule has 3 unspecified atom stereocenters. The summed E-state index contributed by atoms with van der Waals surface area (Å²) in [6.07, 6.45) is 16.5. The Kier molecular flexibility index (Phi) is 8.37. The molecule has 5 nitrogen and oxygen atoms in total. The van der Waals surface area contributed by atoms with Crippen molar-refractivity contribution in [2.45, 2.75) is 64.2 Å². The van der Waals surface area contributed by atoms with Crippen LogP contribution in [0, 0.1) is 17.8 Å². The second-order valence-electron chi connectivity index (χ2n) is 8.46. The van der Waals surface area contributed by atoms with Gasteiger partial charge in [-0.1, -0.05) is 56.4 Å². The van der Waals surface area contributed by atoms with Gasteiger partial charge in [0.05, 0.1) is 5.69 Å². The van der Waals surface area contributed by atoms with Crippen LogP contribution in [-0.2, 0) is 4.79 Å². The summed E-state index contributed by atoms with van der Waals surface area (Å²) in [6.45, 7) is 0.840. The molecule has 0 radical (unpaired) electrons. The van der Waals surface area contributed by atoms with Gasteiger partial charge < -0.3 is 11.2 Å². The van der Waals surface area contributed by atoms with Gasteiger partial charge in [-0.2, -0.15) is 5.53 Å². The average Bonchev–Trinajstić information content (AvgIpc) is 3.10. The molecule has 1 aromatic rings. The third-order valence-corrected chi connectivity index (χ3v) is 6.24. The van der Waals surface area contributed by atoms with E-state index in [1.165, 1.54) is 44.1 Å². The number of carbonyl (C=O) groups excluding carboxylic acids is 1. The summed E-state index contributed by atoms with van der Waals surface area (Å²) in [5, 5.41) is 0. The van der Waals surface area contributed by atoms with Crippen molar-refractivity contribution in [2.24, 2.45) is 23.5 Å². The predicted octanol–water partition coefficient (Wildman–Crippen LogP) is 4.38. The van der Waals surface area contributed by atoms with Crippen LogP contribution >= 0.6 is 0 Å². The van der Waals surface area contributed by atoms with Crippen molar-refractivity contribution in [3.63, 3.8) is 0 Å². The predicted molar refractivity (Wildman–Crippen MR) is 116 cm³/mol. The van der Waals surface area contributed by atoms with Gasteiger partial charge in [0.15, 0.2) is 0 Å². The number of fused-ring (bicyclic) bond motifs is 4. The zero-order chi connectivity index (χ0) is 19.6. The topological polar surface area (TPSA) is 79.2 Å². The first kappa shape index (κ1) is 20.9. The van der Waals surface area contributed by atoms with Gasteiger partial charge in [0.25, 0.3) is 0 Å². The molecule has 154 valence electrons. The molecule has 0 saturated heterocycles. The fraction of sp³-hybridized carbons (Fsp3) is 0.609.